The lowest BCUT2D eigenvalue weighted by Crippen LogP contribution is -2.28. The maximum atomic E-state index is 5.50. The summed E-state index contributed by atoms with van der Waals surface area (Å²) in [6.45, 7) is 0. The SMILES string of the molecule is NNC(c1cncnc1)c1ccoc1Br. The Hall–Kier alpha value is -1.24. The molecule has 0 aliphatic rings. The summed E-state index contributed by atoms with van der Waals surface area (Å²) in [5, 5.41) is 0. The summed E-state index contributed by atoms with van der Waals surface area (Å²) in [6, 6.07) is 1.65. The highest BCUT2D eigenvalue weighted by atomic mass is 79.9. The van der Waals surface area contributed by atoms with E-state index in [9.17, 15) is 0 Å². The van der Waals surface area contributed by atoms with Crippen LogP contribution in [0.5, 0.6) is 0 Å². The largest absolute Gasteiger partial charge is 0.457 e. The first-order valence-electron chi connectivity index (χ1n) is 4.27. The summed E-state index contributed by atoms with van der Waals surface area (Å²) in [4.78, 5) is 7.88. The lowest BCUT2D eigenvalue weighted by atomic mass is 10.1. The Kier molecular flexibility index (Phi) is 3.10. The Morgan fingerprint density at radius 1 is 1.40 bits per heavy atom. The van der Waals surface area contributed by atoms with E-state index in [2.05, 4.69) is 31.3 Å². The van der Waals surface area contributed by atoms with Crippen molar-refractivity contribution >= 4 is 15.9 Å². The number of furan rings is 1. The van der Waals surface area contributed by atoms with Gasteiger partial charge in [0, 0.05) is 23.5 Å². The van der Waals surface area contributed by atoms with Gasteiger partial charge in [-0.1, -0.05) is 0 Å². The van der Waals surface area contributed by atoms with Crippen molar-refractivity contribution in [2.45, 2.75) is 6.04 Å². The Labute approximate surface area is 94.8 Å². The van der Waals surface area contributed by atoms with Crippen molar-refractivity contribution in [1.29, 1.82) is 0 Å². The van der Waals surface area contributed by atoms with Gasteiger partial charge in [-0.05, 0) is 22.0 Å². The smallest absolute Gasteiger partial charge is 0.174 e. The highest BCUT2D eigenvalue weighted by Crippen LogP contribution is 2.28. The number of nitrogens with zero attached hydrogens (tertiary/aromatic N) is 2. The quantitative estimate of drug-likeness (QED) is 0.650. The zero-order valence-corrected chi connectivity index (χ0v) is 9.31. The summed E-state index contributed by atoms with van der Waals surface area (Å²) in [7, 11) is 0. The van der Waals surface area contributed by atoms with Crippen LogP contribution in [0.4, 0.5) is 0 Å². The van der Waals surface area contributed by atoms with Gasteiger partial charge in [0.25, 0.3) is 0 Å². The minimum Gasteiger partial charge on any atom is -0.457 e. The van der Waals surface area contributed by atoms with Crippen molar-refractivity contribution in [2.24, 2.45) is 5.84 Å². The molecule has 15 heavy (non-hydrogen) atoms. The molecule has 1 atom stereocenters. The van der Waals surface area contributed by atoms with Gasteiger partial charge < -0.3 is 4.42 Å². The first-order chi connectivity index (χ1) is 7.33. The van der Waals surface area contributed by atoms with E-state index in [-0.39, 0.29) is 6.04 Å². The van der Waals surface area contributed by atoms with Crippen LogP contribution in [0.1, 0.15) is 17.2 Å². The minimum atomic E-state index is -0.181. The fourth-order valence-corrected chi connectivity index (χ4v) is 1.80. The average Bonchev–Trinajstić information content (AvgIpc) is 2.68. The third kappa shape index (κ3) is 2.06. The normalized spacial score (nSPS) is 12.7. The minimum absolute atomic E-state index is 0.181. The average molecular weight is 269 g/mol. The van der Waals surface area contributed by atoms with Crippen molar-refractivity contribution in [3.05, 3.63) is 46.8 Å². The van der Waals surface area contributed by atoms with E-state index in [0.717, 1.165) is 11.1 Å². The Balaban J connectivity index is 2.37. The molecule has 2 aromatic heterocycles. The predicted octanol–water partition coefficient (Wildman–Crippen LogP) is 1.38. The molecule has 0 fully saturated rings. The van der Waals surface area contributed by atoms with Gasteiger partial charge in [-0.25, -0.2) is 15.4 Å². The molecule has 5 nitrogen and oxygen atoms in total. The fraction of sp³-hybridized carbons (Fsp3) is 0.111. The van der Waals surface area contributed by atoms with Crippen LogP contribution in [-0.2, 0) is 0 Å². The second-order valence-electron chi connectivity index (χ2n) is 2.92. The Morgan fingerprint density at radius 3 is 2.67 bits per heavy atom. The van der Waals surface area contributed by atoms with Gasteiger partial charge in [0.05, 0.1) is 12.3 Å². The molecule has 2 rings (SSSR count). The Morgan fingerprint density at radius 2 is 2.13 bits per heavy atom. The van der Waals surface area contributed by atoms with Crippen LogP contribution in [0, 0.1) is 0 Å². The van der Waals surface area contributed by atoms with Crippen LogP contribution in [-0.4, -0.2) is 9.97 Å². The molecule has 0 saturated carbocycles. The molecule has 0 bridgehead atoms. The summed E-state index contributed by atoms with van der Waals surface area (Å²) < 4.78 is 5.80. The number of hydrogen-bond donors (Lipinski definition) is 2. The van der Waals surface area contributed by atoms with Gasteiger partial charge in [-0.2, -0.15) is 0 Å². The molecular weight excluding hydrogens is 260 g/mol. The fourth-order valence-electron chi connectivity index (χ4n) is 1.34. The van der Waals surface area contributed by atoms with E-state index in [1.165, 1.54) is 6.33 Å². The molecule has 0 radical (unpaired) electrons. The third-order valence-electron chi connectivity index (χ3n) is 2.04. The molecule has 0 saturated heterocycles. The third-order valence-corrected chi connectivity index (χ3v) is 2.68. The molecule has 2 aromatic rings. The van der Waals surface area contributed by atoms with Crippen LogP contribution in [0.15, 0.2) is 40.1 Å². The monoisotopic (exact) mass is 268 g/mol. The molecule has 78 valence electrons. The molecular formula is C9H9BrN4O. The lowest BCUT2D eigenvalue weighted by Gasteiger charge is -2.13. The highest BCUT2D eigenvalue weighted by Gasteiger charge is 2.17. The van der Waals surface area contributed by atoms with Gasteiger partial charge >= 0.3 is 0 Å². The van der Waals surface area contributed by atoms with E-state index in [1.54, 1.807) is 18.7 Å². The van der Waals surface area contributed by atoms with Gasteiger partial charge in [0.2, 0.25) is 0 Å². The summed E-state index contributed by atoms with van der Waals surface area (Å²) in [5.74, 6) is 5.50. The second-order valence-corrected chi connectivity index (χ2v) is 3.64. The van der Waals surface area contributed by atoms with Gasteiger partial charge in [-0.3, -0.25) is 5.84 Å². The first kappa shape index (κ1) is 10.3. The standard InChI is InChI=1S/C9H9BrN4O/c10-9-7(1-2-15-9)8(14-11)6-3-12-5-13-4-6/h1-5,8,14H,11H2. The van der Waals surface area contributed by atoms with Crippen molar-refractivity contribution < 1.29 is 4.42 Å². The lowest BCUT2D eigenvalue weighted by molar-refractivity contribution is 0.526. The van der Waals surface area contributed by atoms with Crippen molar-refractivity contribution in [3.8, 4) is 0 Å². The van der Waals surface area contributed by atoms with Crippen LogP contribution in [0.3, 0.4) is 0 Å². The maximum Gasteiger partial charge on any atom is 0.174 e. The van der Waals surface area contributed by atoms with Crippen molar-refractivity contribution in [3.63, 3.8) is 0 Å². The van der Waals surface area contributed by atoms with Gasteiger partial charge in [0.15, 0.2) is 4.67 Å². The second kappa shape index (κ2) is 4.52. The molecule has 0 aliphatic carbocycles. The van der Waals surface area contributed by atoms with E-state index >= 15 is 0 Å². The zero-order chi connectivity index (χ0) is 10.7. The number of nitrogens with one attached hydrogen (secondary N) is 1. The number of rotatable bonds is 3. The van der Waals surface area contributed by atoms with E-state index < -0.39 is 0 Å². The summed E-state index contributed by atoms with van der Waals surface area (Å²) >= 11 is 3.30. The Bertz CT molecular complexity index is 431. The van der Waals surface area contributed by atoms with Gasteiger partial charge in [-0.15, -0.1) is 0 Å². The summed E-state index contributed by atoms with van der Waals surface area (Å²) in [6.07, 6.45) is 6.48. The molecule has 1 unspecified atom stereocenters. The molecule has 0 amide bonds. The maximum absolute atomic E-state index is 5.50. The first-order valence-corrected chi connectivity index (χ1v) is 5.06. The van der Waals surface area contributed by atoms with Crippen molar-refractivity contribution in [1.82, 2.24) is 15.4 Å². The topological polar surface area (TPSA) is 77.0 Å². The number of nitrogens with two attached hydrogens (primary N) is 1. The summed E-state index contributed by atoms with van der Waals surface area (Å²) in [5.41, 5.74) is 4.48. The van der Waals surface area contributed by atoms with Crippen LogP contribution >= 0.6 is 15.9 Å². The van der Waals surface area contributed by atoms with E-state index in [1.807, 2.05) is 6.07 Å². The number of hydrazine groups is 1. The van der Waals surface area contributed by atoms with Crippen LogP contribution < -0.4 is 11.3 Å². The molecule has 2 heterocycles. The van der Waals surface area contributed by atoms with E-state index in [4.69, 9.17) is 10.3 Å². The number of aromatic nitrogens is 2. The molecule has 6 heteroatoms. The molecule has 3 N–H and O–H groups in total. The molecule has 0 spiro atoms. The van der Waals surface area contributed by atoms with Crippen LogP contribution in [0.25, 0.3) is 0 Å². The van der Waals surface area contributed by atoms with Gasteiger partial charge in [0.1, 0.15) is 6.33 Å². The zero-order valence-electron chi connectivity index (χ0n) is 7.72. The number of halogens is 1. The van der Waals surface area contributed by atoms with Crippen molar-refractivity contribution in [2.75, 3.05) is 0 Å². The molecule has 0 aliphatic heterocycles. The number of hydrogen-bond acceptors (Lipinski definition) is 5. The van der Waals surface area contributed by atoms with Crippen LogP contribution in [0.2, 0.25) is 0 Å². The predicted molar refractivity (Wildman–Crippen MR) is 57.6 cm³/mol. The molecule has 0 aromatic carbocycles. The van der Waals surface area contributed by atoms with E-state index in [0.29, 0.717) is 4.67 Å². The highest BCUT2D eigenvalue weighted by molar-refractivity contribution is 9.10.